The Morgan fingerprint density at radius 2 is 1.79 bits per heavy atom. The van der Waals surface area contributed by atoms with Crippen molar-refractivity contribution >= 4 is 33.4 Å². The summed E-state index contributed by atoms with van der Waals surface area (Å²) in [7, 11) is 0. The maximum atomic E-state index is 9.27. The van der Waals surface area contributed by atoms with Crippen molar-refractivity contribution in [2.45, 2.75) is 13.7 Å². The second-order valence-corrected chi connectivity index (χ2v) is 6.10. The van der Waals surface area contributed by atoms with Crippen molar-refractivity contribution in [2.75, 3.05) is 11.1 Å². The fourth-order valence-electron chi connectivity index (χ4n) is 2.12. The van der Waals surface area contributed by atoms with Crippen LogP contribution in [-0.2, 0) is 0 Å². The summed E-state index contributed by atoms with van der Waals surface area (Å²) in [5.41, 5.74) is 4.77. The monoisotopic (exact) mass is 442 g/mol. The van der Waals surface area contributed by atoms with Gasteiger partial charge in [-0.25, -0.2) is 0 Å². The molecule has 0 saturated heterocycles. The molecule has 1 aromatic heterocycles. The molecule has 0 radical (unpaired) electrons. The van der Waals surface area contributed by atoms with Crippen LogP contribution in [-0.4, -0.2) is 9.97 Å². The lowest BCUT2D eigenvalue weighted by Crippen LogP contribution is -2.04. The molecule has 0 spiro atoms. The van der Waals surface area contributed by atoms with Gasteiger partial charge in [0.15, 0.2) is 0 Å². The molecule has 0 atom stereocenters. The van der Waals surface area contributed by atoms with E-state index in [4.69, 9.17) is 26.7 Å². The zero-order chi connectivity index (χ0) is 27.0. The number of ether oxygens (including phenoxy) is 1. The number of nitrogen functional groups attached to an aromatic ring is 1. The number of nitrogens with one attached hydrogen (secondary N) is 1. The van der Waals surface area contributed by atoms with Crippen LogP contribution in [0.3, 0.4) is 0 Å². The van der Waals surface area contributed by atoms with E-state index in [0.717, 1.165) is 12.1 Å². The third-order valence-corrected chi connectivity index (χ3v) is 4.12. The molecule has 138 valence electrons. The number of rotatable bonds is 4. The maximum absolute atomic E-state index is 9.27. The van der Waals surface area contributed by atoms with Crippen LogP contribution < -0.4 is 15.8 Å². The van der Waals surface area contributed by atoms with E-state index in [-0.39, 0.29) is 51.0 Å². The molecule has 3 rings (SSSR count). The van der Waals surface area contributed by atoms with Crippen LogP contribution in [0.15, 0.2) is 40.8 Å². The Hall–Kier alpha value is -3.62. The standard InChI is InChI=1S/C20H15BrN6O/c1-11-7-14(10-23)8-12(2)17(11)28-19-16(21)18(24)26-20(27-19)25-15-5-3-13(9-22)4-6-15/h3-8H,1-2H3,(H3,24,25,26,27)/i1D3,2D3,3D,4D. The van der Waals surface area contributed by atoms with Crippen LogP contribution in [0.2, 0.25) is 0 Å². The first-order valence-electron chi connectivity index (χ1n) is 11.5. The van der Waals surface area contributed by atoms with Crippen molar-refractivity contribution < 1.29 is 15.7 Å². The Labute approximate surface area is 181 Å². The molecule has 7 nitrogen and oxygen atoms in total. The molecule has 3 N–H and O–H groups in total. The topological polar surface area (TPSA) is 121 Å². The van der Waals surface area contributed by atoms with Crippen molar-refractivity contribution in [3.8, 4) is 23.8 Å². The summed E-state index contributed by atoms with van der Waals surface area (Å²) >= 11 is 3.15. The zero-order valence-electron chi connectivity index (χ0n) is 22.0. The van der Waals surface area contributed by atoms with E-state index in [1.54, 1.807) is 12.1 Å². The first kappa shape index (κ1) is 11.3. The predicted octanol–water partition coefficient (Wildman–Crippen LogP) is 4.72. The summed E-state index contributed by atoms with van der Waals surface area (Å²) in [6.45, 7) is -5.68. The number of nitrogens with zero attached hydrogens (tertiary/aromatic N) is 4. The van der Waals surface area contributed by atoms with Gasteiger partial charge in [0, 0.05) is 13.9 Å². The molecule has 28 heavy (non-hydrogen) atoms. The van der Waals surface area contributed by atoms with Gasteiger partial charge in [-0.15, -0.1) is 0 Å². The summed E-state index contributed by atoms with van der Waals surface area (Å²) in [5, 5.41) is 21.0. The van der Waals surface area contributed by atoms with Crippen molar-refractivity contribution in [2.24, 2.45) is 0 Å². The van der Waals surface area contributed by atoms with Gasteiger partial charge >= 0.3 is 0 Å². The number of nitriles is 2. The van der Waals surface area contributed by atoms with Gasteiger partial charge in [-0.05, 0) is 77.1 Å². The summed E-state index contributed by atoms with van der Waals surface area (Å²) in [6.07, 6.45) is 0. The fourth-order valence-corrected chi connectivity index (χ4v) is 2.37. The maximum Gasteiger partial charge on any atom is 0.240 e. The third kappa shape index (κ3) is 4.03. The Balaban J connectivity index is 2.15. The van der Waals surface area contributed by atoms with Gasteiger partial charge in [0.2, 0.25) is 11.8 Å². The molecule has 3 aromatic rings. The summed E-state index contributed by atoms with van der Waals surface area (Å²) in [6, 6.07) is 7.63. The lowest BCUT2D eigenvalue weighted by Gasteiger charge is -2.14. The second-order valence-electron chi connectivity index (χ2n) is 5.31. The largest absolute Gasteiger partial charge is 0.437 e. The first-order valence-corrected chi connectivity index (χ1v) is 8.33. The lowest BCUT2D eigenvalue weighted by atomic mass is 10.1. The smallest absolute Gasteiger partial charge is 0.240 e. The molecule has 0 unspecified atom stereocenters. The molecule has 0 amide bonds. The number of anilines is 3. The number of halogens is 1. The highest BCUT2D eigenvalue weighted by Crippen LogP contribution is 2.36. The van der Waals surface area contributed by atoms with Gasteiger partial charge in [-0.1, -0.05) is 0 Å². The Morgan fingerprint density at radius 3 is 2.36 bits per heavy atom. The molecular weight excluding hydrogens is 420 g/mol. The van der Waals surface area contributed by atoms with Gasteiger partial charge in [0.1, 0.15) is 16.0 Å². The normalized spacial score (nSPS) is 15.1. The highest BCUT2D eigenvalue weighted by atomic mass is 79.9. The predicted molar refractivity (Wildman–Crippen MR) is 109 cm³/mol. The van der Waals surface area contributed by atoms with E-state index < -0.39 is 30.6 Å². The quantitative estimate of drug-likeness (QED) is 0.599. The van der Waals surface area contributed by atoms with E-state index >= 15 is 0 Å². The minimum atomic E-state index is -2.84. The van der Waals surface area contributed by atoms with Gasteiger partial charge in [-0.2, -0.15) is 20.5 Å². The van der Waals surface area contributed by atoms with Crippen molar-refractivity contribution in [3.05, 3.63) is 63.1 Å². The van der Waals surface area contributed by atoms with Crippen LogP contribution >= 0.6 is 15.9 Å². The molecule has 0 aliphatic rings. The molecule has 0 bridgehead atoms. The van der Waals surface area contributed by atoms with E-state index in [1.807, 2.05) is 0 Å². The number of hydrogen-bond donors (Lipinski definition) is 2. The van der Waals surface area contributed by atoms with E-state index in [0.29, 0.717) is 0 Å². The van der Waals surface area contributed by atoms with Crippen molar-refractivity contribution in [1.29, 1.82) is 10.5 Å². The molecule has 2 aromatic carbocycles. The molecule has 1 heterocycles. The van der Waals surface area contributed by atoms with Gasteiger partial charge < -0.3 is 15.8 Å². The summed E-state index contributed by atoms with van der Waals surface area (Å²) < 4.78 is 68.4. The van der Waals surface area contributed by atoms with E-state index in [2.05, 4.69) is 31.2 Å². The highest BCUT2D eigenvalue weighted by molar-refractivity contribution is 9.10. The number of nitrogens with two attached hydrogens (primary N) is 1. The minimum Gasteiger partial charge on any atom is -0.437 e. The molecule has 0 saturated carbocycles. The van der Waals surface area contributed by atoms with Gasteiger partial charge in [0.05, 0.1) is 26.0 Å². The highest BCUT2D eigenvalue weighted by Gasteiger charge is 2.16. The van der Waals surface area contributed by atoms with Gasteiger partial charge in [0.25, 0.3) is 0 Å². The van der Waals surface area contributed by atoms with Crippen molar-refractivity contribution in [3.63, 3.8) is 0 Å². The minimum absolute atomic E-state index is 0.00687. The average Bonchev–Trinajstić information content (AvgIpc) is 2.75. The van der Waals surface area contributed by atoms with E-state index in [9.17, 15) is 5.26 Å². The average molecular weight is 443 g/mol. The third-order valence-electron chi connectivity index (χ3n) is 3.38. The molecule has 0 aliphatic carbocycles. The van der Waals surface area contributed by atoms with Crippen LogP contribution in [0.25, 0.3) is 0 Å². The number of hydrogen-bond acceptors (Lipinski definition) is 7. The Bertz CT molecular complexity index is 1380. The second kappa shape index (κ2) is 7.95. The Morgan fingerprint density at radius 1 is 1.14 bits per heavy atom. The molecule has 8 heteroatoms. The van der Waals surface area contributed by atoms with Crippen LogP contribution in [0, 0.1) is 36.4 Å². The molecule has 0 fully saturated rings. The molecule has 0 aliphatic heterocycles. The first-order chi connectivity index (χ1) is 16.6. The zero-order valence-corrected chi connectivity index (χ0v) is 15.5. The summed E-state index contributed by atoms with van der Waals surface area (Å²) in [5.74, 6) is -1.22. The van der Waals surface area contributed by atoms with Crippen LogP contribution in [0.5, 0.6) is 11.6 Å². The van der Waals surface area contributed by atoms with Crippen LogP contribution in [0.4, 0.5) is 17.5 Å². The lowest BCUT2D eigenvalue weighted by molar-refractivity contribution is 0.453. The SMILES string of the molecule is [2H]c1cc(Nc2nc(N)c(Br)c(Oc3c(C([2H])([2H])[2H])cc(C#N)cc3C([2H])([2H])[2H])n2)cc([2H])c1C#N. The number of aryl methyl sites for hydroxylation is 2. The van der Waals surface area contributed by atoms with Gasteiger partial charge in [-0.3, -0.25) is 0 Å². The number of aromatic nitrogens is 2. The Kier molecular flexibility index (Phi) is 3.20. The molecular formula is C20H15BrN6O. The van der Waals surface area contributed by atoms with Crippen LogP contribution in [0.1, 0.15) is 33.2 Å². The summed E-state index contributed by atoms with van der Waals surface area (Å²) in [4.78, 5) is 8.14. The van der Waals surface area contributed by atoms with Crippen molar-refractivity contribution in [1.82, 2.24) is 9.97 Å². The number of benzene rings is 2. The van der Waals surface area contributed by atoms with E-state index in [1.165, 1.54) is 12.1 Å². The fraction of sp³-hybridized carbons (Fsp3) is 0.100.